The van der Waals surface area contributed by atoms with E-state index in [2.05, 4.69) is 25.4 Å². The maximum absolute atomic E-state index is 12.3. The Morgan fingerprint density at radius 3 is 1.71 bits per heavy atom. The molecule has 7 unspecified atom stereocenters. The van der Waals surface area contributed by atoms with E-state index < -0.39 is 12.1 Å². The quantitative estimate of drug-likeness (QED) is 0.0202. The summed E-state index contributed by atoms with van der Waals surface area (Å²) in [5, 5.41) is 8.47. The highest BCUT2D eigenvalue weighted by Gasteiger charge is 2.21. The second-order valence-electron chi connectivity index (χ2n) is 14.1. The molecule has 0 saturated heterocycles. The molecule has 0 bridgehead atoms. The van der Waals surface area contributed by atoms with E-state index in [-0.39, 0.29) is 61.0 Å². The van der Waals surface area contributed by atoms with Gasteiger partial charge in [-0.25, -0.2) is 14.6 Å². The summed E-state index contributed by atoms with van der Waals surface area (Å²) < 4.78 is 50.3. The highest BCUT2D eigenvalue weighted by Crippen LogP contribution is 2.18. The number of nitriles is 1. The minimum Gasteiger partial charge on any atom is -0.460 e. The Hall–Kier alpha value is -2.89. The molecule has 14 nitrogen and oxygen atoms in total. The van der Waals surface area contributed by atoms with Crippen molar-refractivity contribution in [1.29, 1.82) is 5.26 Å². The molecule has 0 radical (unpaired) electrons. The molecule has 300 valence electrons. The van der Waals surface area contributed by atoms with Crippen molar-refractivity contribution in [3.63, 3.8) is 0 Å². The van der Waals surface area contributed by atoms with Crippen molar-refractivity contribution in [2.24, 2.45) is 16.3 Å². The molecule has 7 atom stereocenters. The summed E-state index contributed by atoms with van der Waals surface area (Å²) in [5.74, 6) is -0.572. The van der Waals surface area contributed by atoms with Crippen LogP contribution in [0.15, 0.2) is 17.6 Å². The van der Waals surface area contributed by atoms with Crippen molar-refractivity contribution < 1.29 is 57.0 Å². The van der Waals surface area contributed by atoms with Crippen molar-refractivity contribution in [2.45, 2.75) is 131 Å². The summed E-state index contributed by atoms with van der Waals surface area (Å²) in [6, 6.07) is 0. The van der Waals surface area contributed by atoms with Crippen molar-refractivity contribution in [3.05, 3.63) is 12.7 Å². The zero-order valence-corrected chi connectivity index (χ0v) is 32.9. The van der Waals surface area contributed by atoms with Gasteiger partial charge >= 0.3 is 11.9 Å². The first kappa shape index (κ1) is 49.1. The average Bonchev–Trinajstić information content (AvgIpc) is 3.09. The maximum Gasteiger partial charge on any atom is 0.330 e. The van der Waals surface area contributed by atoms with Crippen LogP contribution < -0.4 is 0 Å². The van der Waals surface area contributed by atoms with E-state index in [0.717, 1.165) is 25.3 Å². The summed E-state index contributed by atoms with van der Waals surface area (Å²) in [6.45, 7) is 22.7. The number of hydrogen-bond acceptors (Lipinski definition) is 14. The minimum absolute atomic E-state index is 0.119. The van der Waals surface area contributed by atoms with Crippen LogP contribution in [-0.4, -0.2) is 121 Å². The van der Waals surface area contributed by atoms with Gasteiger partial charge in [-0.1, -0.05) is 26.8 Å². The van der Waals surface area contributed by atoms with Gasteiger partial charge in [0.25, 0.3) is 6.26 Å². The third-order valence-corrected chi connectivity index (χ3v) is 7.55. The second-order valence-corrected chi connectivity index (χ2v) is 14.1. The fraction of sp³-hybridized carbons (Fsp3) is 0.842. The molecule has 14 heteroatoms. The maximum atomic E-state index is 12.3. The van der Waals surface area contributed by atoms with Gasteiger partial charge in [-0.15, -0.1) is 0 Å². The van der Waals surface area contributed by atoms with E-state index in [9.17, 15) is 14.4 Å². The topological polar surface area (TPSA) is 170 Å². The number of rotatable bonds is 34. The van der Waals surface area contributed by atoms with Crippen LogP contribution >= 0.6 is 0 Å². The van der Waals surface area contributed by atoms with Crippen molar-refractivity contribution in [1.82, 2.24) is 0 Å². The van der Waals surface area contributed by atoms with Crippen molar-refractivity contribution >= 4 is 18.0 Å². The zero-order chi connectivity index (χ0) is 39.2. The Kier molecular flexibility index (Phi) is 28.9. The number of carbonyl (C=O) groups is 2. The van der Waals surface area contributed by atoms with Gasteiger partial charge in [0, 0.05) is 17.9 Å². The molecule has 0 rings (SSSR count). The summed E-state index contributed by atoms with van der Waals surface area (Å²) >= 11 is 0. The molecule has 52 heavy (non-hydrogen) atoms. The predicted molar refractivity (Wildman–Crippen MR) is 194 cm³/mol. The summed E-state index contributed by atoms with van der Waals surface area (Å²) in [6.07, 6.45) is 7.03. The lowest BCUT2D eigenvalue weighted by Crippen LogP contribution is -2.31. The predicted octanol–water partition coefficient (Wildman–Crippen LogP) is 5.51. The van der Waals surface area contributed by atoms with Crippen LogP contribution in [0.5, 0.6) is 0 Å². The number of esters is 2. The van der Waals surface area contributed by atoms with Gasteiger partial charge in [-0.3, -0.25) is 4.79 Å². The van der Waals surface area contributed by atoms with Gasteiger partial charge < -0.3 is 42.6 Å². The Balaban J connectivity index is 4.07. The Morgan fingerprint density at radius 1 is 0.731 bits per heavy atom. The lowest BCUT2D eigenvalue weighted by Gasteiger charge is -2.26. The lowest BCUT2D eigenvalue weighted by molar-refractivity contribution is -0.153. The fourth-order valence-corrected chi connectivity index (χ4v) is 4.72. The normalized spacial score (nSPS) is 15.5. The van der Waals surface area contributed by atoms with E-state index >= 15 is 0 Å². The SMILES string of the molecule is C=CC(=O)OC(C)COC(C)COC(C)COCC(C)(C)COCC(C)OCC(C)OCC(C)OC(=O)CCCCC(CCCOC#N)CN=C=O. The highest BCUT2D eigenvalue weighted by molar-refractivity contribution is 5.81. The number of isocyanates is 1. The molecule has 0 aromatic rings. The van der Waals surface area contributed by atoms with Crippen LogP contribution in [-0.2, 0) is 57.0 Å². The van der Waals surface area contributed by atoms with Gasteiger partial charge in [0.15, 0.2) is 0 Å². The Labute approximate surface area is 311 Å². The molecular weight excluding hydrogens is 676 g/mol. The molecule has 0 amide bonds. The summed E-state index contributed by atoms with van der Waals surface area (Å²) in [7, 11) is 0. The average molecular weight is 743 g/mol. The summed E-state index contributed by atoms with van der Waals surface area (Å²) in [5.41, 5.74) is -0.206. The molecule has 0 aromatic heterocycles. The summed E-state index contributed by atoms with van der Waals surface area (Å²) in [4.78, 5) is 37.7. The number of aliphatic imine (C=N–C) groups is 1. The number of nitrogens with zero attached hydrogens (tertiary/aromatic N) is 2. The smallest absolute Gasteiger partial charge is 0.330 e. The van der Waals surface area contributed by atoms with Gasteiger partial charge in [-0.2, -0.15) is 5.26 Å². The molecule has 0 aromatic carbocycles. The van der Waals surface area contributed by atoms with Crippen LogP contribution in [0.1, 0.15) is 93.9 Å². The van der Waals surface area contributed by atoms with Crippen molar-refractivity contribution in [2.75, 3.05) is 66.0 Å². The van der Waals surface area contributed by atoms with Crippen LogP contribution in [0, 0.1) is 22.9 Å². The Bertz CT molecular complexity index is 1050. The van der Waals surface area contributed by atoms with Gasteiger partial charge in [0.2, 0.25) is 6.08 Å². The Morgan fingerprint density at radius 2 is 1.21 bits per heavy atom. The largest absolute Gasteiger partial charge is 0.460 e. The molecule has 0 saturated carbocycles. The third-order valence-electron chi connectivity index (χ3n) is 7.55. The van der Waals surface area contributed by atoms with Crippen LogP contribution in [0.25, 0.3) is 0 Å². The van der Waals surface area contributed by atoms with E-state index in [1.54, 1.807) is 26.2 Å². The third kappa shape index (κ3) is 29.7. The van der Waals surface area contributed by atoms with Gasteiger partial charge in [0.05, 0.1) is 83.8 Å². The van der Waals surface area contributed by atoms with Crippen molar-refractivity contribution in [3.8, 4) is 6.26 Å². The first-order valence-corrected chi connectivity index (χ1v) is 18.4. The van der Waals surface area contributed by atoms with Crippen LogP contribution in [0.3, 0.4) is 0 Å². The number of hydrogen-bond donors (Lipinski definition) is 0. The minimum atomic E-state index is -0.475. The van der Waals surface area contributed by atoms with Crippen LogP contribution in [0.2, 0.25) is 0 Å². The number of carbonyl (C=O) groups excluding carboxylic acids is 3. The molecule has 0 heterocycles. The van der Waals surface area contributed by atoms with E-state index in [0.29, 0.717) is 72.1 Å². The molecule has 0 aliphatic heterocycles. The zero-order valence-electron chi connectivity index (χ0n) is 32.9. The highest BCUT2D eigenvalue weighted by atomic mass is 16.6. The number of unbranched alkanes of at least 4 members (excludes halogenated alkanes) is 1. The van der Waals surface area contributed by atoms with Gasteiger partial charge in [-0.05, 0) is 73.1 Å². The standard InChI is InChI=1S/C38H66N2O12/c1-10-36(42)51-33(6)23-49-31(4)21-47-29(2)19-45-25-38(8,9)26-46-20-30(3)48-22-32(5)50-24-34(7)52-37(43)16-12-11-14-35(18-40-28-41)15-13-17-44-27-39/h10,29-35H,1,11-26H2,2-9H3. The molecule has 0 spiro atoms. The van der Waals surface area contributed by atoms with Crippen LogP contribution in [0.4, 0.5) is 0 Å². The monoisotopic (exact) mass is 742 g/mol. The molecular formula is C38H66N2O12. The molecule has 0 fully saturated rings. The lowest BCUT2D eigenvalue weighted by atomic mass is 9.96. The fourth-order valence-electron chi connectivity index (χ4n) is 4.72. The molecule has 0 aliphatic rings. The molecule has 0 aliphatic carbocycles. The first-order chi connectivity index (χ1) is 24.7. The molecule has 0 N–H and O–H groups in total. The van der Waals surface area contributed by atoms with Gasteiger partial charge in [0.1, 0.15) is 18.8 Å². The van der Waals surface area contributed by atoms with E-state index in [4.69, 9.17) is 47.9 Å². The first-order valence-electron chi connectivity index (χ1n) is 18.4. The van der Waals surface area contributed by atoms with E-state index in [1.165, 1.54) is 0 Å². The van der Waals surface area contributed by atoms with E-state index in [1.807, 2.05) is 27.7 Å². The number of ether oxygens (including phenoxy) is 9. The second kappa shape index (κ2) is 30.6.